The minimum Gasteiger partial charge on any atom is -0.454 e. The number of esters is 1. The van der Waals surface area contributed by atoms with E-state index in [2.05, 4.69) is 11.4 Å². The van der Waals surface area contributed by atoms with Gasteiger partial charge in [0.25, 0.3) is 16.2 Å². The molecule has 8 heteroatoms. The quantitative estimate of drug-likeness (QED) is 0.310. The molecule has 0 aromatic heterocycles. The molecule has 20 heavy (non-hydrogen) atoms. The van der Waals surface area contributed by atoms with Gasteiger partial charge in [0.2, 0.25) is 0 Å². The van der Waals surface area contributed by atoms with Crippen molar-refractivity contribution in [3.8, 4) is 0 Å². The molecule has 108 valence electrons. The Morgan fingerprint density at radius 2 is 2.15 bits per heavy atom. The van der Waals surface area contributed by atoms with Gasteiger partial charge < -0.3 is 14.3 Å². The second kappa shape index (κ2) is 3.81. The molecule has 2 bridgehead atoms. The van der Waals surface area contributed by atoms with Gasteiger partial charge in [0, 0.05) is 5.57 Å². The molecule has 0 aliphatic carbocycles. The maximum absolute atomic E-state index is 12.1. The number of fused-ring (bicyclic) bond motifs is 1. The summed E-state index contributed by atoms with van der Waals surface area (Å²) in [5.41, 5.74) is -0.983. The first-order valence-electron chi connectivity index (χ1n) is 6.05. The minimum absolute atomic E-state index is 0.158. The topological polar surface area (TPSA) is 83.3 Å². The molecule has 3 saturated heterocycles. The number of rotatable bonds is 2. The van der Waals surface area contributed by atoms with Gasteiger partial charge in [-0.15, -0.1) is 0 Å². The third kappa shape index (κ3) is 1.45. The van der Waals surface area contributed by atoms with Crippen LogP contribution in [0.3, 0.4) is 0 Å². The minimum atomic E-state index is -3.93. The molecule has 3 aliphatic heterocycles. The smallest absolute Gasteiger partial charge is 0.333 e. The van der Waals surface area contributed by atoms with E-state index in [4.69, 9.17) is 20.2 Å². The highest BCUT2D eigenvalue weighted by Crippen LogP contribution is 2.55. The van der Waals surface area contributed by atoms with E-state index in [0.717, 1.165) is 0 Å². The van der Waals surface area contributed by atoms with E-state index in [9.17, 15) is 13.2 Å². The Morgan fingerprint density at radius 3 is 2.70 bits per heavy atom. The lowest BCUT2D eigenvalue weighted by Crippen LogP contribution is -2.54. The van der Waals surface area contributed by atoms with Crippen LogP contribution in [0.5, 0.6) is 0 Å². The van der Waals surface area contributed by atoms with Crippen LogP contribution in [-0.4, -0.2) is 49.6 Å². The van der Waals surface area contributed by atoms with Gasteiger partial charge in [0.05, 0.1) is 0 Å². The molecule has 3 fully saturated rings. The number of nitrogens with zero attached hydrogens (tertiary/aromatic N) is 1. The van der Waals surface area contributed by atoms with Gasteiger partial charge in [-0.3, -0.25) is 4.18 Å². The lowest BCUT2D eigenvalue weighted by atomic mass is 9.82. The van der Waals surface area contributed by atoms with Crippen molar-refractivity contribution in [1.82, 2.24) is 0 Å². The largest absolute Gasteiger partial charge is 0.454 e. The van der Waals surface area contributed by atoms with Crippen molar-refractivity contribution in [1.29, 1.82) is 0 Å². The molecule has 0 aromatic carbocycles. The van der Waals surface area contributed by atoms with Crippen LogP contribution in [0.15, 0.2) is 12.2 Å². The molecule has 3 heterocycles. The summed E-state index contributed by atoms with van der Waals surface area (Å²) in [6.07, 6.45) is -2.65. The molecule has 0 amide bonds. The number of carbonyl (C=O) groups excluding carboxylic acids is 1. The van der Waals surface area contributed by atoms with Crippen LogP contribution in [0.1, 0.15) is 13.8 Å². The summed E-state index contributed by atoms with van der Waals surface area (Å²) in [6, 6.07) is -0.795. The van der Waals surface area contributed by atoms with Gasteiger partial charge in [-0.2, -0.15) is 8.42 Å². The maximum atomic E-state index is 12.1. The average molecular weight is 299 g/mol. The summed E-state index contributed by atoms with van der Waals surface area (Å²) in [7, 11) is -3.93. The predicted octanol–water partition coefficient (Wildman–Crippen LogP) is 0.0305. The standard InChI is InChI=1S/C12H13NO6S/c1-5(2)11(14)17-8-7-6(13-4)9-12(3,18-7)10(8)20(15,16)19-9/h6-10H,1H2,2-3H3. The number of hydrogen-bond donors (Lipinski definition) is 0. The van der Waals surface area contributed by atoms with E-state index in [1.807, 2.05) is 0 Å². The molecular formula is C12H13NO6S. The van der Waals surface area contributed by atoms with Crippen LogP contribution >= 0.6 is 0 Å². The van der Waals surface area contributed by atoms with Crippen LogP contribution < -0.4 is 0 Å². The number of ether oxygens (including phenoxy) is 2. The fourth-order valence-electron chi connectivity index (χ4n) is 3.23. The highest BCUT2D eigenvalue weighted by Gasteiger charge is 2.81. The predicted molar refractivity (Wildman–Crippen MR) is 65.9 cm³/mol. The first-order chi connectivity index (χ1) is 9.22. The maximum Gasteiger partial charge on any atom is 0.333 e. The Balaban J connectivity index is 2.03. The van der Waals surface area contributed by atoms with Crippen molar-refractivity contribution in [2.75, 3.05) is 0 Å². The number of carbonyl (C=O) groups is 1. The zero-order valence-electron chi connectivity index (χ0n) is 10.9. The van der Waals surface area contributed by atoms with Gasteiger partial charge >= 0.3 is 5.97 Å². The highest BCUT2D eigenvalue weighted by atomic mass is 32.2. The second-order valence-corrected chi connectivity index (χ2v) is 7.15. The zero-order valence-corrected chi connectivity index (χ0v) is 11.7. The molecule has 0 saturated carbocycles. The number of hydrogen-bond acceptors (Lipinski definition) is 6. The fraction of sp³-hybridized carbons (Fsp3) is 0.667. The monoisotopic (exact) mass is 299 g/mol. The molecular weight excluding hydrogens is 286 g/mol. The normalized spacial score (nSPS) is 47.0. The van der Waals surface area contributed by atoms with Crippen LogP contribution in [0.25, 0.3) is 4.85 Å². The first-order valence-corrected chi connectivity index (χ1v) is 7.52. The molecule has 6 unspecified atom stereocenters. The van der Waals surface area contributed by atoms with Crippen molar-refractivity contribution < 1.29 is 26.9 Å². The van der Waals surface area contributed by atoms with Crippen LogP contribution in [0.4, 0.5) is 0 Å². The Kier molecular flexibility index (Phi) is 2.58. The molecule has 7 nitrogen and oxygen atoms in total. The zero-order chi connectivity index (χ0) is 14.9. The lowest BCUT2D eigenvalue weighted by molar-refractivity contribution is -0.146. The Bertz CT molecular complexity index is 649. The van der Waals surface area contributed by atoms with Crippen LogP contribution in [-0.2, 0) is 28.6 Å². The second-order valence-electron chi connectivity index (χ2n) is 5.47. The fourth-order valence-corrected chi connectivity index (χ4v) is 5.25. The Labute approximate surface area is 116 Å². The van der Waals surface area contributed by atoms with Crippen molar-refractivity contribution >= 4 is 16.1 Å². The summed E-state index contributed by atoms with van der Waals surface area (Å²) < 4.78 is 40.1. The van der Waals surface area contributed by atoms with Crippen molar-refractivity contribution in [3.05, 3.63) is 23.6 Å². The first kappa shape index (κ1) is 13.5. The summed E-state index contributed by atoms with van der Waals surface area (Å²) in [5.74, 6) is -0.697. The van der Waals surface area contributed by atoms with E-state index in [-0.39, 0.29) is 5.57 Å². The van der Waals surface area contributed by atoms with E-state index < -0.39 is 51.3 Å². The molecule has 0 N–H and O–H groups in total. The molecule has 0 spiro atoms. The third-order valence-electron chi connectivity index (χ3n) is 4.08. The Morgan fingerprint density at radius 1 is 1.50 bits per heavy atom. The van der Waals surface area contributed by atoms with Crippen molar-refractivity contribution in [3.63, 3.8) is 0 Å². The Hall–Kier alpha value is -1.43. The van der Waals surface area contributed by atoms with Crippen molar-refractivity contribution in [2.45, 2.75) is 49.1 Å². The van der Waals surface area contributed by atoms with E-state index in [0.29, 0.717) is 0 Å². The molecule has 0 radical (unpaired) electrons. The van der Waals surface area contributed by atoms with E-state index >= 15 is 0 Å². The summed E-state index contributed by atoms with van der Waals surface area (Å²) in [5, 5.41) is -1.09. The van der Waals surface area contributed by atoms with Crippen molar-refractivity contribution in [2.24, 2.45) is 0 Å². The summed E-state index contributed by atoms with van der Waals surface area (Å²) in [6.45, 7) is 13.7. The summed E-state index contributed by atoms with van der Waals surface area (Å²) >= 11 is 0. The molecule has 3 aliphatic rings. The average Bonchev–Trinajstić information content (AvgIpc) is 2.81. The van der Waals surface area contributed by atoms with Gasteiger partial charge in [-0.1, -0.05) is 6.58 Å². The summed E-state index contributed by atoms with van der Waals surface area (Å²) in [4.78, 5) is 15.1. The van der Waals surface area contributed by atoms with Gasteiger partial charge in [0.15, 0.2) is 23.6 Å². The SMILES string of the molecule is [C-]#[N+]C1C2OC3(C)C1OS(=O)(=O)C3C2OC(=O)C(=C)C. The molecule has 0 aromatic rings. The third-order valence-corrected chi connectivity index (χ3v) is 5.91. The molecule has 6 atom stereocenters. The van der Waals surface area contributed by atoms with Crippen LogP contribution in [0.2, 0.25) is 0 Å². The van der Waals surface area contributed by atoms with E-state index in [1.54, 1.807) is 6.92 Å². The highest BCUT2D eigenvalue weighted by molar-refractivity contribution is 7.87. The van der Waals surface area contributed by atoms with Gasteiger partial charge in [0.1, 0.15) is 5.60 Å². The van der Waals surface area contributed by atoms with Gasteiger partial charge in [-0.05, 0) is 13.8 Å². The molecule has 3 rings (SSSR count). The van der Waals surface area contributed by atoms with Crippen LogP contribution in [0, 0.1) is 6.57 Å². The van der Waals surface area contributed by atoms with Gasteiger partial charge in [-0.25, -0.2) is 11.4 Å². The van der Waals surface area contributed by atoms with E-state index in [1.165, 1.54) is 6.92 Å². The lowest BCUT2D eigenvalue weighted by Gasteiger charge is -2.26.